The molecule has 2 aromatic heterocycles. The van der Waals surface area contributed by atoms with Gasteiger partial charge in [0.15, 0.2) is 5.13 Å². The van der Waals surface area contributed by atoms with Crippen molar-refractivity contribution in [2.45, 2.75) is 0 Å². The summed E-state index contributed by atoms with van der Waals surface area (Å²) < 4.78 is 0. The van der Waals surface area contributed by atoms with Crippen molar-refractivity contribution in [1.29, 1.82) is 0 Å². The van der Waals surface area contributed by atoms with Gasteiger partial charge in [0.25, 0.3) is 0 Å². The Morgan fingerprint density at radius 2 is 1.54 bits per heavy atom. The van der Waals surface area contributed by atoms with E-state index >= 15 is 0 Å². The third-order valence-electron chi connectivity index (χ3n) is 3.88. The van der Waals surface area contributed by atoms with Crippen LogP contribution < -0.4 is 16.0 Å². The summed E-state index contributed by atoms with van der Waals surface area (Å²) in [6.07, 6.45) is 3.49. The van der Waals surface area contributed by atoms with Crippen molar-refractivity contribution in [3.63, 3.8) is 0 Å². The van der Waals surface area contributed by atoms with E-state index in [1.165, 1.54) is 11.3 Å². The van der Waals surface area contributed by atoms with Crippen LogP contribution in [0.25, 0.3) is 11.3 Å². The molecule has 4 rings (SSSR count). The number of urea groups is 1. The summed E-state index contributed by atoms with van der Waals surface area (Å²) in [6.45, 7) is 0. The van der Waals surface area contributed by atoms with Gasteiger partial charge in [-0.25, -0.2) is 9.78 Å². The number of hydrogen-bond donors (Lipinski definition) is 3. The summed E-state index contributed by atoms with van der Waals surface area (Å²) in [5.41, 5.74) is 4.18. The van der Waals surface area contributed by atoms with Crippen molar-refractivity contribution >= 4 is 39.6 Å². The maximum Gasteiger partial charge on any atom is 0.323 e. The summed E-state index contributed by atoms with van der Waals surface area (Å²) in [7, 11) is 0. The molecular formula is C21H17N5OS. The lowest BCUT2D eigenvalue weighted by molar-refractivity contribution is 0.262. The number of amides is 2. The molecule has 0 unspecified atom stereocenters. The monoisotopic (exact) mass is 387 g/mol. The zero-order valence-electron chi connectivity index (χ0n) is 14.8. The smallest absolute Gasteiger partial charge is 0.323 e. The van der Waals surface area contributed by atoms with Gasteiger partial charge in [-0.15, -0.1) is 11.3 Å². The lowest BCUT2D eigenvalue weighted by Crippen LogP contribution is -2.19. The predicted octanol–water partition coefficient (Wildman–Crippen LogP) is 5.59. The predicted molar refractivity (Wildman–Crippen MR) is 114 cm³/mol. The van der Waals surface area contributed by atoms with Crippen molar-refractivity contribution in [2.75, 3.05) is 16.0 Å². The quantitative estimate of drug-likeness (QED) is 0.417. The second-order valence-corrected chi connectivity index (χ2v) is 6.78. The molecule has 0 aliphatic rings. The van der Waals surface area contributed by atoms with Crippen molar-refractivity contribution in [2.24, 2.45) is 0 Å². The minimum atomic E-state index is -0.294. The molecule has 4 aromatic rings. The zero-order valence-corrected chi connectivity index (χ0v) is 15.6. The lowest BCUT2D eigenvalue weighted by atomic mass is 10.2. The number of thiazole rings is 1. The van der Waals surface area contributed by atoms with Crippen LogP contribution in [0.5, 0.6) is 0 Å². The first-order valence-corrected chi connectivity index (χ1v) is 9.50. The van der Waals surface area contributed by atoms with Crippen LogP contribution in [0.3, 0.4) is 0 Å². The van der Waals surface area contributed by atoms with E-state index in [4.69, 9.17) is 0 Å². The van der Waals surface area contributed by atoms with Crippen molar-refractivity contribution < 1.29 is 4.79 Å². The number of nitrogens with zero attached hydrogens (tertiary/aromatic N) is 2. The van der Waals surface area contributed by atoms with E-state index in [0.717, 1.165) is 27.8 Å². The third kappa shape index (κ3) is 4.52. The number of aromatic nitrogens is 2. The van der Waals surface area contributed by atoms with Crippen molar-refractivity contribution in [3.8, 4) is 11.3 Å². The van der Waals surface area contributed by atoms with Gasteiger partial charge in [-0.2, -0.15) is 0 Å². The molecule has 6 nitrogen and oxygen atoms in total. The van der Waals surface area contributed by atoms with Crippen LogP contribution in [0.15, 0.2) is 84.5 Å². The average molecular weight is 387 g/mol. The Morgan fingerprint density at radius 1 is 0.821 bits per heavy atom. The molecule has 28 heavy (non-hydrogen) atoms. The van der Waals surface area contributed by atoms with E-state index < -0.39 is 0 Å². The molecule has 3 N–H and O–H groups in total. The Hall–Kier alpha value is -3.71. The van der Waals surface area contributed by atoms with Crippen LogP contribution in [-0.2, 0) is 0 Å². The molecular weight excluding hydrogens is 370 g/mol. The molecule has 0 saturated carbocycles. The summed E-state index contributed by atoms with van der Waals surface area (Å²) in [6, 6.07) is 20.4. The molecule has 0 atom stereocenters. The molecule has 2 aromatic carbocycles. The van der Waals surface area contributed by atoms with Crippen molar-refractivity contribution in [1.82, 2.24) is 9.97 Å². The minimum Gasteiger partial charge on any atom is -0.331 e. The molecule has 138 valence electrons. The normalized spacial score (nSPS) is 10.3. The van der Waals surface area contributed by atoms with Crippen LogP contribution in [0.4, 0.5) is 27.0 Å². The van der Waals surface area contributed by atoms with Gasteiger partial charge in [-0.05, 0) is 42.5 Å². The average Bonchev–Trinajstić information content (AvgIpc) is 3.18. The second kappa shape index (κ2) is 8.32. The fourth-order valence-electron chi connectivity index (χ4n) is 2.60. The van der Waals surface area contributed by atoms with Crippen LogP contribution in [-0.4, -0.2) is 16.0 Å². The van der Waals surface area contributed by atoms with Crippen molar-refractivity contribution in [3.05, 3.63) is 84.5 Å². The highest BCUT2D eigenvalue weighted by molar-refractivity contribution is 7.14. The number of anilines is 4. The van der Waals surface area contributed by atoms with Gasteiger partial charge in [0.05, 0.1) is 5.69 Å². The molecule has 0 radical (unpaired) electrons. The van der Waals surface area contributed by atoms with E-state index in [1.54, 1.807) is 12.4 Å². The molecule has 2 heterocycles. The molecule has 0 aliphatic heterocycles. The topological polar surface area (TPSA) is 78.9 Å². The zero-order chi connectivity index (χ0) is 19.2. The number of benzene rings is 2. The number of nitrogens with one attached hydrogen (secondary N) is 3. The maximum atomic E-state index is 12.2. The van der Waals surface area contributed by atoms with E-state index in [2.05, 4.69) is 25.9 Å². The first-order chi connectivity index (χ1) is 13.8. The molecule has 0 saturated heterocycles. The molecule has 2 amide bonds. The van der Waals surface area contributed by atoms with Gasteiger partial charge in [-0.3, -0.25) is 4.98 Å². The van der Waals surface area contributed by atoms with E-state index in [0.29, 0.717) is 5.69 Å². The molecule has 7 heteroatoms. The Kier molecular flexibility index (Phi) is 5.26. The lowest BCUT2D eigenvalue weighted by Gasteiger charge is -2.09. The fourth-order valence-corrected chi connectivity index (χ4v) is 3.34. The number of para-hydroxylation sites is 1. The van der Waals surface area contributed by atoms with Crippen LogP contribution >= 0.6 is 11.3 Å². The molecule has 0 bridgehead atoms. The highest BCUT2D eigenvalue weighted by atomic mass is 32.1. The summed E-state index contributed by atoms with van der Waals surface area (Å²) in [5.74, 6) is 0. The third-order valence-corrected chi connectivity index (χ3v) is 4.64. The van der Waals surface area contributed by atoms with E-state index in [1.807, 2.05) is 72.1 Å². The number of pyridine rings is 1. The Morgan fingerprint density at radius 3 is 2.36 bits per heavy atom. The van der Waals surface area contributed by atoms with E-state index in [-0.39, 0.29) is 6.03 Å². The molecule has 0 aliphatic carbocycles. The largest absolute Gasteiger partial charge is 0.331 e. The number of rotatable bonds is 5. The number of carbonyl (C=O) groups excluding carboxylic acids is 1. The number of hydrogen-bond acceptors (Lipinski definition) is 5. The van der Waals surface area contributed by atoms with Gasteiger partial charge >= 0.3 is 6.03 Å². The summed E-state index contributed by atoms with van der Waals surface area (Å²) in [4.78, 5) is 20.8. The van der Waals surface area contributed by atoms with Crippen LogP contribution in [0.1, 0.15) is 0 Å². The second-order valence-electron chi connectivity index (χ2n) is 5.92. The van der Waals surface area contributed by atoms with Gasteiger partial charge in [0.2, 0.25) is 0 Å². The van der Waals surface area contributed by atoms with Crippen LogP contribution in [0, 0.1) is 0 Å². The SMILES string of the molecule is O=C(Nc1ccccc1)Nc1cccc(Nc2nc(-c3ccncc3)cs2)c1. The summed E-state index contributed by atoms with van der Waals surface area (Å²) >= 11 is 1.52. The summed E-state index contributed by atoms with van der Waals surface area (Å²) in [5, 5.41) is 11.7. The highest BCUT2D eigenvalue weighted by Crippen LogP contribution is 2.27. The van der Waals surface area contributed by atoms with Gasteiger partial charge < -0.3 is 16.0 Å². The van der Waals surface area contributed by atoms with E-state index in [9.17, 15) is 4.79 Å². The fraction of sp³-hybridized carbons (Fsp3) is 0. The Labute approximate surface area is 166 Å². The minimum absolute atomic E-state index is 0.294. The highest BCUT2D eigenvalue weighted by Gasteiger charge is 2.06. The maximum absolute atomic E-state index is 12.2. The molecule has 0 spiro atoms. The Bertz CT molecular complexity index is 1070. The molecule has 0 fully saturated rings. The van der Waals surface area contributed by atoms with Gasteiger partial charge in [0, 0.05) is 40.4 Å². The number of carbonyl (C=O) groups is 1. The van der Waals surface area contributed by atoms with Gasteiger partial charge in [0.1, 0.15) is 0 Å². The standard InChI is InChI=1S/C21H17N5OS/c27-20(23-16-5-2-1-3-6-16)24-17-7-4-8-18(13-17)25-21-26-19(14-28-21)15-9-11-22-12-10-15/h1-14H,(H,25,26)(H2,23,24,27). The first-order valence-electron chi connectivity index (χ1n) is 8.62. The first kappa shape index (κ1) is 17.7. The Balaban J connectivity index is 1.41. The van der Waals surface area contributed by atoms with Crippen LogP contribution in [0.2, 0.25) is 0 Å². The van der Waals surface area contributed by atoms with Gasteiger partial charge in [-0.1, -0.05) is 24.3 Å².